The third-order valence-corrected chi connectivity index (χ3v) is 2.27. The van der Waals surface area contributed by atoms with Gasteiger partial charge in [-0.3, -0.25) is 4.98 Å². The fourth-order valence-electron chi connectivity index (χ4n) is 1.44. The first kappa shape index (κ1) is 11.4. The van der Waals surface area contributed by atoms with E-state index in [-0.39, 0.29) is 0 Å². The van der Waals surface area contributed by atoms with Gasteiger partial charge >= 0.3 is 0 Å². The highest BCUT2D eigenvalue weighted by Crippen LogP contribution is 2.17. The zero-order chi connectivity index (χ0) is 11.1. The molecule has 0 fully saturated rings. The average Bonchev–Trinajstić information content (AvgIpc) is 2.29. The van der Waals surface area contributed by atoms with E-state index in [0.29, 0.717) is 0 Å². The maximum Gasteiger partial charge on any atom is 0.0346 e. The van der Waals surface area contributed by atoms with Crippen LogP contribution in [0.1, 0.15) is 30.5 Å². The first-order valence-corrected chi connectivity index (χ1v) is 5.22. The number of hydrogen-bond acceptors (Lipinski definition) is 1. The van der Waals surface area contributed by atoms with Crippen LogP contribution in [0.25, 0.3) is 12.2 Å². The number of aromatic nitrogens is 1. The number of hydrogen-bond donors (Lipinski definition) is 0. The molecule has 0 bridgehead atoms. The molecule has 0 unspecified atom stereocenters. The third kappa shape index (κ3) is 2.91. The van der Waals surface area contributed by atoms with Gasteiger partial charge in [-0.25, -0.2) is 0 Å². The van der Waals surface area contributed by atoms with Gasteiger partial charge in [0, 0.05) is 12.4 Å². The molecule has 1 nitrogen and oxygen atoms in total. The van der Waals surface area contributed by atoms with Crippen molar-refractivity contribution in [2.24, 2.45) is 0 Å². The maximum atomic E-state index is 4.19. The van der Waals surface area contributed by atoms with Crippen LogP contribution >= 0.6 is 0 Å². The Morgan fingerprint density at radius 1 is 1.33 bits per heavy atom. The first-order valence-electron chi connectivity index (χ1n) is 5.22. The van der Waals surface area contributed by atoms with E-state index in [0.717, 1.165) is 12.0 Å². The highest BCUT2D eigenvalue weighted by Gasteiger charge is 2.01. The van der Waals surface area contributed by atoms with Gasteiger partial charge in [-0.15, -0.1) is 0 Å². The van der Waals surface area contributed by atoms with E-state index < -0.39 is 0 Å². The highest BCUT2D eigenvalue weighted by atomic mass is 14.6. The Kier molecular flexibility index (Phi) is 4.55. The number of rotatable bonds is 4. The van der Waals surface area contributed by atoms with Crippen molar-refractivity contribution in [1.29, 1.82) is 0 Å². The van der Waals surface area contributed by atoms with Crippen LogP contribution in [0, 0.1) is 0 Å². The quantitative estimate of drug-likeness (QED) is 0.671. The third-order valence-electron chi connectivity index (χ3n) is 2.27. The van der Waals surface area contributed by atoms with Gasteiger partial charge in [0.05, 0.1) is 0 Å². The Morgan fingerprint density at radius 2 is 2.13 bits per heavy atom. The van der Waals surface area contributed by atoms with Gasteiger partial charge in [-0.2, -0.15) is 0 Å². The van der Waals surface area contributed by atoms with Crippen LogP contribution in [0.2, 0.25) is 0 Å². The second-order valence-corrected chi connectivity index (χ2v) is 3.24. The normalized spacial score (nSPS) is 11.3. The predicted octanol–water partition coefficient (Wildman–Crippen LogP) is 3.88. The van der Waals surface area contributed by atoms with Crippen molar-refractivity contribution in [2.45, 2.75) is 20.3 Å². The van der Waals surface area contributed by atoms with Crippen LogP contribution in [0.15, 0.2) is 37.2 Å². The number of allylic oxidation sites excluding steroid dienone is 3. The Morgan fingerprint density at radius 3 is 2.73 bits per heavy atom. The minimum absolute atomic E-state index is 0.990. The number of nitrogens with zero attached hydrogens (tertiary/aromatic N) is 1. The monoisotopic (exact) mass is 199 g/mol. The molecule has 1 rings (SSSR count). The summed E-state index contributed by atoms with van der Waals surface area (Å²) in [7, 11) is 0. The molecule has 0 saturated heterocycles. The molecular formula is C14H17N. The van der Waals surface area contributed by atoms with Gasteiger partial charge < -0.3 is 0 Å². The highest BCUT2D eigenvalue weighted by molar-refractivity contribution is 5.66. The molecule has 0 aliphatic rings. The molecule has 0 aromatic carbocycles. The molecule has 0 aliphatic carbocycles. The molecule has 0 radical (unpaired) electrons. The molecule has 1 heteroatoms. The van der Waals surface area contributed by atoms with E-state index in [2.05, 4.69) is 24.6 Å². The Balaban J connectivity index is 3.16. The van der Waals surface area contributed by atoms with Crippen LogP contribution in [-0.4, -0.2) is 4.98 Å². The van der Waals surface area contributed by atoms with Gasteiger partial charge in [-0.1, -0.05) is 43.9 Å². The summed E-state index contributed by atoms with van der Waals surface area (Å²) in [5.41, 5.74) is 3.57. The zero-order valence-corrected chi connectivity index (χ0v) is 9.40. The summed E-state index contributed by atoms with van der Waals surface area (Å²) in [5, 5.41) is 0. The summed E-state index contributed by atoms with van der Waals surface area (Å²) in [6.07, 6.45) is 14.8. The summed E-state index contributed by atoms with van der Waals surface area (Å²) in [5.74, 6) is 0. The van der Waals surface area contributed by atoms with Gasteiger partial charge in [0.1, 0.15) is 0 Å². The van der Waals surface area contributed by atoms with Gasteiger partial charge in [0.2, 0.25) is 0 Å². The number of aryl methyl sites for hydroxylation is 1. The summed E-state index contributed by atoms with van der Waals surface area (Å²) in [6, 6.07) is 0. The van der Waals surface area contributed by atoms with Gasteiger partial charge in [0.25, 0.3) is 0 Å². The molecule has 0 amide bonds. The zero-order valence-electron chi connectivity index (χ0n) is 9.40. The van der Waals surface area contributed by atoms with E-state index in [9.17, 15) is 0 Å². The van der Waals surface area contributed by atoms with Crippen molar-refractivity contribution in [3.63, 3.8) is 0 Å². The molecule has 15 heavy (non-hydrogen) atoms. The van der Waals surface area contributed by atoms with E-state index >= 15 is 0 Å². The summed E-state index contributed by atoms with van der Waals surface area (Å²) in [4.78, 5) is 4.19. The minimum atomic E-state index is 0.990. The molecular weight excluding hydrogens is 182 g/mol. The summed E-state index contributed by atoms with van der Waals surface area (Å²) < 4.78 is 0. The number of pyridine rings is 1. The second-order valence-electron chi connectivity index (χ2n) is 3.24. The van der Waals surface area contributed by atoms with Crippen LogP contribution in [0.4, 0.5) is 0 Å². The summed E-state index contributed by atoms with van der Waals surface area (Å²) in [6.45, 7) is 7.95. The maximum absolute atomic E-state index is 4.19. The fraction of sp³-hybridized carbons (Fsp3) is 0.214. The van der Waals surface area contributed by atoms with Crippen LogP contribution < -0.4 is 0 Å². The minimum Gasteiger partial charge on any atom is -0.264 e. The Labute approximate surface area is 91.9 Å². The Hall–Kier alpha value is -1.63. The SMILES string of the molecule is C=Cc1cncc(CC)c1/C=C\C=C/C. The molecule has 78 valence electrons. The average molecular weight is 199 g/mol. The lowest BCUT2D eigenvalue weighted by Crippen LogP contribution is -1.91. The van der Waals surface area contributed by atoms with Crippen molar-refractivity contribution in [1.82, 2.24) is 4.98 Å². The van der Waals surface area contributed by atoms with Gasteiger partial charge in [-0.05, 0) is 30.0 Å². The lowest BCUT2D eigenvalue weighted by molar-refractivity contribution is 1.09. The molecule has 0 N–H and O–H groups in total. The van der Waals surface area contributed by atoms with E-state index in [4.69, 9.17) is 0 Å². The fourth-order valence-corrected chi connectivity index (χ4v) is 1.44. The van der Waals surface area contributed by atoms with Crippen molar-refractivity contribution in [2.75, 3.05) is 0 Å². The molecule has 0 spiro atoms. The van der Waals surface area contributed by atoms with Crippen molar-refractivity contribution < 1.29 is 0 Å². The first-order chi connectivity index (χ1) is 7.33. The molecule has 0 aliphatic heterocycles. The predicted molar refractivity (Wildman–Crippen MR) is 67.6 cm³/mol. The van der Waals surface area contributed by atoms with Crippen molar-refractivity contribution >= 4 is 12.2 Å². The second kappa shape index (κ2) is 5.97. The van der Waals surface area contributed by atoms with Gasteiger partial charge in [0.15, 0.2) is 0 Å². The largest absolute Gasteiger partial charge is 0.264 e. The molecule has 1 aromatic heterocycles. The van der Waals surface area contributed by atoms with E-state index in [1.54, 1.807) is 0 Å². The topological polar surface area (TPSA) is 12.9 Å². The lowest BCUT2D eigenvalue weighted by Gasteiger charge is -2.05. The smallest absolute Gasteiger partial charge is 0.0346 e. The van der Waals surface area contributed by atoms with E-state index in [1.807, 2.05) is 43.6 Å². The van der Waals surface area contributed by atoms with Crippen LogP contribution in [0.5, 0.6) is 0 Å². The lowest BCUT2D eigenvalue weighted by atomic mass is 10.0. The molecule has 1 aromatic rings. The molecule has 0 atom stereocenters. The van der Waals surface area contributed by atoms with E-state index in [1.165, 1.54) is 11.1 Å². The standard InChI is InChI=1S/C14H17N/c1-4-7-8-9-14-12(5-2)10-15-11-13(14)6-3/h4-5,7-11H,2,6H2,1,3H3/b7-4-,9-8-. The van der Waals surface area contributed by atoms with Crippen molar-refractivity contribution in [3.05, 3.63) is 53.9 Å². The van der Waals surface area contributed by atoms with Crippen LogP contribution in [-0.2, 0) is 6.42 Å². The van der Waals surface area contributed by atoms with Crippen molar-refractivity contribution in [3.8, 4) is 0 Å². The molecule has 0 saturated carbocycles. The summed E-state index contributed by atoms with van der Waals surface area (Å²) >= 11 is 0. The molecule has 1 heterocycles. The Bertz CT molecular complexity index is 386. The van der Waals surface area contributed by atoms with Crippen LogP contribution in [0.3, 0.4) is 0 Å².